The van der Waals surface area contributed by atoms with E-state index >= 15 is 0 Å². The summed E-state index contributed by atoms with van der Waals surface area (Å²) < 4.78 is 5.46. The molecule has 1 saturated carbocycles. The Balaban J connectivity index is 1.59. The molecule has 1 spiro atoms. The summed E-state index contributed by atoms with van der Waals surface area (Å²) in [6.45, 7) is 8.28. The first-order valence-electron chi connectivity index (χ1n) is 8.92. The van der Waals surface area contributed by atoms with E-state index in [-0.39, 0.29) is 0 Å². The fraction of sp³-hybridized carbons (Fsp3) is 0.941. The Kier molecular flexibility index (Phi) is 5.04. The van der Waals surface area contributed by atoms with Crippen molar-refractivity contribution in [1.29, 1.82) is 0 Å². The van der Waals surface area contributed by atoms with E-state index in [0.717, 1.165) is 32.3 Å². The van der Waals surface area contributed by atoms with Gasteiger partial charge in [0.05, 0.1) is 6.61 Å². The number of hydrogen-bond acceptors (Lipinski definition) is 2. The van der Waals surface area contributed by atoms with E-state index in [1.165, 1.54) is 58.0 Å². The second-order valence-electron chi connectivity index (χ2n) is 7.16. The van der Waals surface area contributed by atoms with Crippen LogP contribution in [-0.4, -0.2) is 50.3 Å². The number of nitrogens with one attached hydrogen (secondary N) is 1. The van der Waals surface area contributed by atoms with Crippen molar-refractivity contribution in [2.45, 2.75) is 51.9 Å². The van der Waals surface area contributed by atoms with Crippen LogP contribution >= 0.6 is 0 Å². The molecule has 0 aromatic rings. The molecule has 0 aromatic heterocycles. The van der Waals surface area contributed by atoms with E-state index in [1.807, 2.05) is 0 Å². The van der Waals surface area contributed by atoms with Gasteiger partial charge in [-0.15, -0.1) is 0 Å². The Bertz CT molecular complexity index is 357. The molecule has 2 heterocycles. The molecule has 1 atom stereocenters. The lowest BCUT2D eigenvalue weighted by Crippen LogP contribution is -2.42. The molecule has 1 aliphatic carbocycles. The molecule has 21 heavy (non-hydrogen) atoms. The Labute approximate surface area is 129 Å². The summed E-state index contributed by atoms with van der Waals surface area (Å²) in [4.78, 5) is 7.43. The molecule has 3 aliphatic rings. The highest BCUT2D eigenvalue weighted by Gasteiger charge is 2.39. The van der Waals surface area contributed by atoms with Crippen LogP contribution < -0.4 is 5.32 Å². The standard InChI is InChI=1S/C17H31N3O/c1-2-18-16(19-12-15-6-11-21-13-15)20-10-9-17(14-20)7-4-3-5-8-17/h15H,2-14H2,1H3,(H,18,19). The second-order valence-corrected chi connectivity index (χ2v) is 7.16. The van der Waals surface area contributed by atoms with Gasteiger partial charge in [0.1, 0.15) is 0 Å². The molecule has 2 aliphatic heterocycles. The minimum absolute atomic E-state index is 0.602. The van der Waals surface area contributed by atoms with Gasteiger partial charge in [0, 0.05) is 38.7 Å². The van der Waals surface area contributed by atoms with Crippen molar-refractivity contribution in [2.75, 3.05) is 39.4 Å². The number of nitrogens with zero attached hydrogens (tertiary/aromatic N) is 2. The molecule has 0 aromatic carbocycles. The number of ether oxygens (including phenoxy) is 1. The van der Waals surface area contributed by atoms with Gasteiger partial charge in [0.25, 0.3) is 0 Å². The maximum Gasteiger partial charge on any atom is 0.193 e. The van der Waals surface area contributed by atoms with Crippen molar-refractivity contribution in [1.82, 2.24) is 10.2 Å². The van der Waals surface area contributed by atoms with Crippen LogP contribution in [-0.2, 0) is 4.74 Å². The van der Waals surface area contributed by atoms with Crippen molar-refractivity contribution in [2.24, 2.45) is 16.3 Å². The Morgan fingerprint density at radius 2 is 2.14 bits per heavy atom. The van der Waals surface area contributed by atoms with Crippen LogP contribution in [0.4, 0.5) is 0 Å². The minimum Gasteiger partial charge on any atom is -0.381 e. The van der Waals surface area contributed by atoms with Crippen LogP contribution in [0, 0.1) is 11.3 Å². The summed E-state index contributed by atoms with van der Waals surface area (Å²) in [5.74, 6) is 1.77. The molecule has 0 bridgehead atoms. The zero-order valence-corrected chi connectivity index (χ0v) is 13.6. The topological polar surface area (TPSA) is 36.9 Å². The highest BCUT2D eigenvalue weighted by atomic mass is 16.5. The summed E-state index contributed by atoms with van der Waals surface area (Å²) in [6, 6.07) is 0. The predicted molar refractivity (Wildman–Crippen MR) is 86.6 cm³/mol. The van der Waals surface area contributed by atoms with Crippen molar-refractivity contribution in [3.63, 3.8) is 0 Å². The second kappa shape index (κ2) is 6.99. The van der Waals surface area contributed by atoms with Crippen LogP contribution in [0.3, 0.4) is 0 Å². The maximum absolute atomic E-state index is 5.46. The zero-order valence-electron chi connectivity index (χ0n) is 13.6. The highest BCUT2D eigenvalue weighted by molar-refractivity contribution is 5.80. The SMILES string of the molecule is CCNC(=NCC1CCOC1)N1CCC2(CCCCC2)C1. The van der Waals surface area contributed by atoms with E-state index in [1.54, 1.807) is 0 Å². The Morgan fingerprint density at radius 3 is 2.86 bits per heavy atom. The van der Waals surface area contributed by atoms with Crippen LogP contribution in [0.2, 0.25) is 0 Å². The minimum atomic E-state index is 0.602. The normalized spacial score (nSPS) is 29.3. The largest absolute Gasteiger partial charge is 0.381 e. The number of guanidine groups is 1. The lowest BCUT2D eigenvalue weighted by molar-refractivity contribution is 0.187. The molecule has 2 saturated heterocycles. The Morgan fingerprint density at radius 1 is 1.29 bits per heavy atom. The van der Waals surface area contributed by atoms with Gasteiger partial charge < -0.3 is 15.0 Å². The number of aliphatic imine (C=N–C) groups is 1. The molecular weight excluding hydrogens is 262 g/mol. The first-order valence-corrected chi connectivity index (χ1v) is 8.92. The van der Waals surface area contributed by atoms with Gasteiger partial charge in [-0.2, -0.15) is 0 Å². The summed E-state index contributed by atoms with van der Waals surface area (Å²) in [7, 11) is 0. The summed E-state index contributed by atoms with van der Waals surface area (Å²) >= 11 is 0. The lowest BCUT2D eigenvalue weighted by Gasteiger charge is -2.33. The average Bonchev–Trinajstić information content (AvgIpc) is 3.15. The molecule has 4 nitrogen and oxygen atoms in total. The van der Waals surface area contributed by atoms with Crippen LogP contribution in [0.25, 0.3) is 0 Å². The highest BCUT2D eigenvalue weighted by Crippen LogP contribution is 2.43. The molecule has 0 radical (unpaired) electrons. The van der Waals surface area contributed by atoms with Crippen molar-refractivity contribution in [3.05, 3.63) is 0 Å². The van der Waals surface area contributed by atoms with Crippen LogP contribution in [0.5, 0.6) is 0 Å². The van der Waals surface area contributed by atoms with Crippen molar-refractivity contribution in [3.8, 4) is 0 Å². The van der Waals surface area contributed by atoms with Crippen LogP contribution in [0.15, 0.2) is 4.99 Å². The maximum atomic E-state index is 5.46. The molecule has 3 rings (SSSR count). The first-order chi connectivity index (χ1) is 10.3. The van der Waals surface area contributed by atoms with Gasteiger partial charge in [0.2, 0.25) is 0 Å². The summed E-state index contributed by atoms with van der Waals surface area (Å²) in [5, 5.41) is 3.51. The zero-order chi connectivity index (χ0) is 14.5. The summed E-state index contributed by atoms with van der Waals surface area (Å²) in [5.41, 5.74) is 0.602. The van der Waals surface area contributed by atoms with Crippen molar-refractivity contribution < 1.29 is 4.74 Å². The van der Waals surface area contributed by atoms with Crippen molar-refractivity contribution >= 4 is 5.96 Å². The third-order valence-corrected chi connectivity index (χ3v) is 5.51. The monoisotopic (exact) mass is 293 g/mol. The van der Waals surface area contributed by atoms with E-state index in [0.29, 0.717) is 11.3 Å². The number of hydrogen-bond donors (Lipinski definition) is 1. The smallest absolute Gasteiger partial charge is 0.193 e. The number of likely N-dealkylation sites (tertiary alicyclic amines) is 1. The fourth-order valence-corrected chi connectivity index (χ4v) is 4.19. The van der Waals surface area contributed by atoms with Gasteiger partial charge >= 0.3 is 0 Å². The van der Waals surface area contributed by atoms with Gasteiger partial charge in [-0.05, 0) is 38.0 Å². The average molecular weight is 293 g/mol. The fourth-order valence-electron chi connectivity index (χ4n) is 4.19. The molecule has 3 fully saturated rings. The third-order valence-electron chi connectivity index (χ3n) is 5.51. The third kappa shape index (κ3) is 3.71. The van der Waals surface area contributed by atoms with Gasteiger partial charge in [0.15, 0.2) is 5.96 Å². The first kappa shape index (κ1) is 15.1. The summed E-state index contributed by atoms with van der Waals surface area (Å²) in [6.07, 6.45) is 9.70. The molecule has 0 amide bonds. The lowest BCUT2D eigenvalue weighted by atomic mass is 9.73. The van der Waals surface area contributed by atoms with E-state index in [4.69, 9.17) is 9.73 Å². The predicted octanol–water partition coefficient (Wildman–Crippen LogP) is 2.64. The van der Waals surface area contributed by atoms with Gasteiger partial charge in [-0.3, -0.25) is 4.99 Å². The van der Waals surface area contributed by atoms with Crippen LogP contribution in [0.1, 0.15) is 51.9 Å². The molecule has 4 heteroatoms. The van der Waals surface area contributed by atoms with E-state index in [9.17, 15) is 0 Å². The molecule has 120 valence electrons. The van der Waals surface area contributed by atoms with E-state index < -0.39 is 0 Å². The molecular formula is C17H31N3O. The quantitative estimate of drug-likeness (QED) is 0.642. The van der Waals surface area contributed by atoms with Gasteiger partial charge in [-0.25, -0.2) is 0 Å². The van der Waals surface area contributed by atoms with E-state index in [2.05, 4.69) is 17.1 Å². The molecule has 1 N–H and O–H groups in total. The Hall–Kier alpha value is -0.770. The number of rotatable bonds is 3. The van der Waals surface area contributed by atoms with Gasteiger partial charge in [-0.1, -0.05) is 19.3 Å². The molecule has 1 unspecified atom stereocenters.